The Morgan fingerprint density at radius 2 is 2.00 bits per heavy atom. The van der Waals surface area contributed by atoms with Crippen LogP contribution in [0.4, 0.5) is 13.2 Å². The van der Waals surface area contributed by atoms with Gasteiger partial charge in [-0.2, -0.15) is 13.2 Å². The molecule has 0 unspecified atom stereocenters. The highest BCUT2D eigenvalue weighted by atomic mass is 19.4. The third-order valence-corrected chi connectivity index (χ3v) is 3.07. The zero-order valence-electron chi connectivity index (χ0n) is 10.0. The Hall–Kier alpha value is -1.14. The molecule has 0 atom stereocenters. The van der Waals surface area contributed by atoms with Crippen LogP contribution in [0.1, 0.15) is 11.3 Å². The standard InChI is InChI=1S/C12H16F3N3/c13-12(14,15)11-10(2-1-4-17-11)3-7-18-8-5-16-6-9-18/h1-2,4,16H,3,5-9H2. The van der Waals surface area contributed by atoms with E-state index in [1.54, 1.807) is 6.07 Å². The summed E-state index contributed by atoms with van der Waals surface area (Å²) in [5.74, 6) is 0. The average Bonchev–Trinajstić information content (AvgIpc) is 2.37. The summed E-state index contributed by atoms with van der Waals surface area (Å²) in [4.78, 5) is 5.63. The summed E-state index contributed by atoms with van der Waals surface area (Å²) < 4.78 is 38.2. The van der Waals surface area contributed by atoms with E-state index in [9.17, 15) is 13.2 Å². The number of pyridine rings is 1. The van der Waals surface area contributed by atoms with E-state index in [4.69, 9.17) is 0 Å². The first-order valence-corrected chi connectivity index (χ1v) is 6.01. The van der Waals surface area contributed by atoms with Gasteiger partial charge in [-0.05, 0) is 18.1 Å². The van der Waals surface area contributed by atoms with Crippen LogP contribution in [-0.2, 0) is 12.6 Å². The van der Waals surface area contributed by atoms with Crippen molar-refractivity contribution in [3.63, 3.8) is 0 Å². The number of halogens is 3. The minimum absolute atomic E-state index is 0.281. The van der Waals surface area contributed by atoms with Crippen molar-refractivity contribution in [3.8, 4) is 0 Å². The van der Waals surface area contributed by atoms with E-state index in [1.165, 1.54) is 12.3 Å². The molecule has 6 heteroatoms. The summed E-state index contributed by atoms with van der Waals surface area (Å²) in [6.45, 7) is 4.23. The molecule has 2 heterocycles. The molecule has 0 spiro atoms. The van der Waals surface area contributed by atoms with E-state index in [-0.39, 0.29) is 5.56 Å². The van der Waals surface area contributed by atoms with Crippen molar-refractivity contribution < 1.29 is 13.2 Å². The molecule has 18 heavy (non-hydrogen) atoms. The summed E-state index contributed by atoms with van der Waals surface area (Å²) >= 11 is 0. The van der Waals surface area contributed by atoms with Crippen molar-refractivity contribution in [2.24, 2.45) is 0 Å². The van der Waals surface area contributed by atoms with Crippen LogP contribution in [0.25, 0.3) is 0 Å². The molecule has 0 aromatic carbocycles. The lowest BCUT2D eigenvalue weighted by molar-refractivity contribution is -0.141. The van der Waals surface area contributed by atoms with Gasteiger partial charge in [-0.15, -0.1) is 0 Å². The molecule has 1 N–H and O–H groups in total. The Kier molecular flexibility index (Phi) is 4.19. The second-order valence-electron chi connectivity index (χ2n) is 4.35. The molecule has 100 valence electrons. The third kappa shape index (κ3) is 3.43. The summed E-state index contributed by atoms with van der Waals surface area (Å²) in [5, 5.41) is 3.21. The maximum Gasteiger partial charge on any atom is 0.433 e. The molecular formula is C12H16F3N3. The highest BCUT2D eigenvalue weighted by Crippen LogP contribution is 2.30. The normalized spacial score (nSPS) is 17.9. The van der Waals surface area contributed by atoms with E-state index < -0.39 is 11.9 Å². The van der Waals surface area contributed by atoms with Gasteiger partial charge in [0.1, 0.15) is 5.69 Å². The number of nitrogens with zero attached hydrogens (tertiary/aromatic N) is 2. The number of nitrogens with one attached hydrogen (secondary N) is 1. The zero-order valence-corrected chi connectivity index (χ0v) is 10.0. The van der Waals surface area contributed by atoms with Crippen LogP contribution in [0, 0.1) is 0 Å². The van der Waals surface area contributed by atoms with Crippen molar-refractivity contribution in [2.75, 3.05) is 32.7 Å². The third-order valence-electron chi connectivity index (χ3n) is 3.07. The van der Waals surface area contributed by atoms with E-state index in [0.29, 0.717) is 13.0 Å². The highest BCUT2D eigenvalue weighted by molar-refractivity contribution is 5.22. The first-order valence-electron chi connectivity index (χ1n) is 6.01. The minimum atomic E-state index is -4.36. The van der Waals surface area contributed by atoms with Crippen LogP contribution in [0.2, 0.25) is 0 Å². The quantitative estimate of drug-likeness (QED) is 0.892. The van der Waals surface area contributed by atoms with Crippen LogP contribution in [0.5, 0.6) is 0 Å². The first kappa shape index (κ1) is 13.3. The van der Waals surface area contributed by atoms with Gasteiger partial charge in [-0.25, -0.2) is 0 Å². The molecule has 0 aliphatic carbocycles. The monoisotopic (exact) mass is 259 g/mol. The van der Waals surface area contributed by atoms with Crippen molar-refractivity contribution in [3.05, 3.63) is 29.6 Å². The van der Waals surface area contributed by atoms with Crippen LogP contribution >= 0.6 is 0 Å². The smallest absolute Gasteiger partial charge is 0.314 e. The largest absolute Gasteiger partial charge is 0.433 e. The van der Waals surface area contributed by atoms with Gasteiger partial charge in [-0.1, -0.05) is 6.07 Å². The molecule has 0 radical (unpaired) electrons. The molecule has 3 nitrogen and oxygen atoms in total. The SMILES string of the molecule is FC(F)(F)c1ncccc1CCN1CCNCC1. The van der Waals surface area contributed by atoms with Gasteiger partial charge < -0.3 is 10.2 Å². The Balaban J connectivity index is 2.00. The second-order valence-corrected chi connectivity index (χ2v) is 4.35. The van der Waals surface area contributed by atoms with Crippen molar-refractivity contribution in [1.82, 2.24) is 15.2 Å². The predicted octanol–water partition coefficient (Wildman–Crippen LogP) is 1.55. The number of hydrogen-bond acceptors (Lipinski definition) is 3. The molecule has 0 amide bonds. The summed E-state index contributed by atoms with van der Waals surface area (Å²) in [5.41, 5.74) is -0.469. The fourth-order valence-corrected chi connectivity index (χ4v) is 2.11. The second kappa shape index (κ2) is 5.67. The number of hydrogen-bond donors (Lipinski definition) is 1. The van der Waals surface area contributed by atoms with E-state index >= 15 is 0 Å². The average molecular weight is 259 g/mol. The number of aromatic nitrogens is 1. The summed E-state index contributed by atoms with van der Waals surface area (Å²) in [6.07, 6.45) is -2.78. The van der Waals surface area contributed by atoms with Crippen LogP contribution in [-0.4, -0.2) is 42.6 Å². The first-order chi connectivity index (χ1) is 8.57. The fraction of sp³-hybridized carbons (Fsp3) is 0.583. The summed E-state index contributed by atoms with van der Waals surface area (Å²) in [6, 6.07) is 3.07. The predicted molar refractivity (Wildman–Crippen MR) is 62.3 cm³/mol. The molecule has 1 fully saturated rings. The molecule has 1 aliphatic rings. The van der Waals surface area contributed by atoms with Gasteiger partial charge >= 0.3 is 6.18 Å². The van der Waals surface area contributed by atoms with Crippen molar-refractivity contribution in [2.45, 2.75) is 12.6 Å². The Morgan fingerprint density at radius 3 is 2.67 bits per heavy atom. The molecule has 2 rings (SSSR count). The Morgan fingerprint density at radius 1 is 1.28 bits per heavy atom. The molecule has 1 aromatic rings. The highest BCUT2D eigenvalue weighted by Gasteiger charge is 2.34. The number of rotatable bonds is 3. The summed E-state index contributed by atoms with van der Waals surface area (Å²) in [7, 11) is 0. The van der Waals surface area contributed by atoms with E-state index in [2.05, 4.69) is 15.2 Å². The minimum Gasteiger partial charge on any atom is -0.314 e. The zero-order chi connectivity index (χ0) is 13.0. The van der Waals surface area contributed by atoms with E-state index in [0.717, 1.165) is 26.2 Å². The number of alkyl halides is 3. The Labute approximate surface area is 104 Å². The van der Waals surface area contributed by atoms with Gasteiger partial charge in [-0.3, -0.25) is 4.98 Å². The molecular weight excluding hydrogens is 243 g/mol. The van der Waals surface area contributed by atoms with Gasteiger partial charge in [0.15, 0.2) is 0 Å². The van der Waals surface area contributed by atoms with Crippen molar-refractivity contribution in [1.29, 1.82) is 0 Å². The van der Waals surface area contributed by atoms with Crippen LogP contribution in [0.3, 0.4) is 0 Å². The van der Waals surface area contributed by atoms with Crippen LogP contribution in [0.15, 0.2) is 18.3 Å². The van der Waals surface area contributed by atoms with Crippen molar-refractivity contribution >= 4 is 0 Å². The molecule has 1 aliphatic heterocycles. The van der Waals surface area contributed by atoms with Crippen LogP contribution < -0.4 is 5.32 Å². The lowest BCUT2D eigenvalue weighted by atomic mass is 10.1. The maximum absolute atomic E-state index is 12.7. The number of piperazine rings is 1. The van der Waals surface area contributed by atoms with Gasteiger partial charge in [0.25, 0.3) is 0 Å². The maximum atomic E-state index is 12.7. The van der Waals surface area contributed by atoms with Gasteiger partial charge in [0.2, 0.25) is 0 Å². The molecule has 0 saturated carbocycles. The Bertz CT molecular complexity index is 386. The lowest BCUT2D eigenvalue weighted by Gasteiger charge is -2.27. The van der Waals surface area contributed by atoms with Gasteiger partial charge in [0, 0.05) is 38.9 Å². The topological polar surface area (TPSA) is 28.2 Å². The lowest BCUT2D eigenvalue weighted by Crippen LogP contribution is -2.44. The van der Waals surface area contributed by atoms with E-state index in [1.807, 2.05) is 0 Å². The molecule has 1 aromatic heterocycles. The fourth-order valence-electron chi connectivity index (χ4n) is 2.11. The molecule has 1 saturated heterocycles. The molecule has 0 bridgehead atoms. The van der Waals surface area contributed by atoms with Gasteiger partial charge in [0.05, 0.1) is 0 Å².